The van der Waals surface area contributed by atoms with Crippen LogP contribution in [0.4, 0.5) is 11.5 Å². The molecule has 9 nitrogen and oxygen atoms in total. The van der Waals surface area contributed by atoms with Crippen LogP contribution >= 0.6 is 0 Å². The van der Waals surface area contributed by atoms with Gasteiger partial charge in [-0.1, -0.05) is 24.8 Å². The fourth-order valence-electron chi connectivity index (χ4n) is 3.37. The fraction of sp³-hybridized carbons (Fsp3) is 0.160. The van der Waals surface area contributed by atoms with Crippen molar-refractivity contribution in [2.75, 3.05) is 38.4 Å². The van der Waals surface area contributed by atoms with Crippen LogP contribution in [-0.2, 0) is 0 Å². The summed E-state index contributed by atoms with van der Waals surface area (Å²) in [5.41, 5.74) is 8.39. The zero-order valence-electron chi connectivity index (χ0n) is 19.2. The first-order valence-corrected chi connectivity index (χ1v) is 10.4. The van der Waals surface area contributed by atoms with Crippen molar-refractivity contribution in [3.05, 3.63) is 84.6 Å². The van der Waals surface area contributed by atoms with Gasteiger partial charge in [-0.05, 0) is 18.2 Å². The maximum absolute atomic E-state index is 12.9. The molecule has 1 amide bonds. The molecule has 3 heterocycles. The van der Waals surface area contributed by atoms with Crippen molar-refractivity contribution in [1.29, 1.82) is 0 Å². The Balaban J connectivity index is 1.45. The molecule has 174 valence electrons. The molecule has 0 bridgehead atoms. The number of methoxy groups -OCH3 is 2. The zero-order chi connectivity index (χ0) is 24.2. The largest absolute Gasteiger partial charge is 0.494 e. The second kappa shape index (κ2) is 9.53. The number of benzene rings is 1. The predicted octanol–water partition coefficient (Wildman–Crippen LogP) is 3.86. The lowest BCUT2D eigenvalue weighted by molar-refractivity contribution is 0.0804. The van der Waals surface area contributed by atoms with E-state index >= 15 is 0 Å². The lowest BCUT2D eigenvalue weighted by Crippen LogP contribution is -2.27. The average molecular weight is 460 g/mol. The van der Waals surface area contributed by atoms with E-state index in [9.17, 15) is 4.79 Å². The van der Waals surface area contributed by atoms with Crippen LogP contribution in [-0.4, -0.2) is 48.6 Å². The smallest absolute Gasteiger partial charge is 0.272 e. The number of para-hydroxylation sites is 1. The fourth-order valence-corrected chi connectivity index (χ4v) is 3.37. The van der Waals surface area contributed by atoms with Crippen molar-refractivity contribution >= 4 is 17.4 Å². The quantitative estimate of drug-likeness (QED) is 0.507. The summed E-state index contributed by atoms with van der Waals surface area (Å²) in [4.78, 5) is 24.8. The van der Waals surface area contributed by atoms with Gasteiger partial charge in [0.15, 0.2) is 11.5 Å². The first-order chi connectivity index (χ1) is 16.4. The van der Waals surface area contributed by atoms with Crippen LogP contribution in [0.3, 0.4) is 0 Å². The maximum Gasteiger partial charge on any atom is 0.272 e. The van der Waals surface area contributed by atoms with Crippen LogP contribution in [0, 0.1) is 0 Å². The number of hydrogen-bond donors (Lipinski definition) is 1. The Bertz CT molecular complexity index is 1260. The molecule has 34 heavy (non-hydrogen) atoms. The second-order valence-electron chi connectivity index (χ2n) is 7.47. The highest BCUT2D eigenvalue weighted by Gasteiger charge is 2.35. The Morgan fingerprint density at radius 2 is 1.82 bits per heavy atom. The van der Waals surface area contributed by atoms with Gasteiger partial charge in [0.1, 0.15) is 28.7 Å². The monoisotopic (exact) mass is 459 g/mol. The molecule has 1 aliphatic heterocycles. The van der Waals surface area contributed by atoms with Gasteiger partial charge in [0.2, 0.25) is 0 Å². The van der Waals surface area contributed by atoms with Crippen LogP contribution in [0.5, 0.6) is 23.0 Å². The van der Waals surface area contributed by atoms with Gasteiger partial charge >= 0.3 is 0 Å². The molecule has 1 aromatic carbocycles. The Morgan fingerprint density at radius 3 is 2.53 bits per heavy atom. The van der Waals surface area contributed by atoms with E-state index in [1.807, 2.05) is 41.3 Å². The number of nitrogens with zero attached hydrogens (tertiary/aromatic N) is 4. The third-order valence-electron chi connectivity index (χ3n) is 5.23. The molecule has 2 aromatic heterocycles. The van der Waals surface area contributed by atoms with Crippen molar-refractivity contribution in [1.82, 2.24) is 14.9 Å². The van der Waals surface area contributed by atoms with Crippen LogP contribution < -0.4 is 24.8 Å². The van der Waals surface area contributed by atoms with Crippen molar-refractivity contribution in [3.8, 4) is 23.0 Å². The minimum atomic E-state index is -0.258. The standard InChI is InChI=1S/C25H25N5O4/c1-16-19(30(16)20-14-28-24(26)13-21(20)32-3)10-11-29(2)25(31)18-12-22(33-4)23(15-27-18)34-17-8-6-5-7-9-17/h5-10,12-15H,1,11H2,2-4H3,(H2,26,28). The molecule has 0 saturated carbocycles. The summed E-state index contributed by atoms with van der Waals surface area (Å²) < 4.78 is 16.6. The zero-order valence-corrected chi connectivity index (χ0v) is 19.2. The number of ether oxygens (including phenoxy) is 3. The van der Waals surface area contributed by atoms with Gasteiger partial charge in [-0.3, -0.25) is 4.79 Å². The molecule has 4 rings (SSSR count). The molecule has 1 fully saturated rings. The third kappa shape index (κ3) is 4.63. The van der Waals surface area contributed by atoms with E-state index in [-0.39, 0.29) is 11.6 Å². The van der Waals surface area contributed by atoms with Crippen molar-refractivity contribution in [2.24, 2.45) is 0 Å². The van der Waals surface area contributed by atoms with Gasteiger partial charge in [-0.2, -0.15) is 0 Å². The number of rotatable bonds is 8. The van der Waals surface area contributed by atoms with Gasteiger partial charge in [0, 0.05) is 25.7 Å². The molecule has 0 atom stereocenters. The number of nitrogen functional groups attached to an aromatic ring is 1. The van der Waals surface area contributed by atoms with Crippen molar-refractivity contribution in [3.63, 3.8) is 0 Å². The number of carbonyl (C=O) groups is 1. The Labute approximate surface area is 197 Å². The topological polar surface area (TPSA) is 103 Å². The maximum atomic E-state index is 12.9. The molecule has 0 spiro atoms. The number of aromatic nitrogens is 2. The summed E-state index contributed by atoms with van der Waals surface area (Å²) in [6.45, 7) is 4.40. The van der Waals surface area contributed by atoms with Gasteiger partial charge < -0.3 is 29.7 Å². The molecule has 1 saturated heterocycles. The van der Waals surface area contributed by atoms with Gasteiger partial charge in [0.25, 0.3) is 5.91 Å². The predicted molar refractivity (Wildman–Crippen MR) is 129 cm³/mol. The molecular formula is C25H25N5O4. The minimum absolute atomic E-state index is 0.244. The van der Waals surface area contributed by atoms with Crippen molar-refractivity contribution < 1.29 is 19.0 Å². The van der Waals surface area contributed by atoms with Crippen LogP contribution in [0.2, 0.25) is 0 Å². The van der Waals surface area contributed by atoms with E-state index in [0.29, 0.717) is 35.4 Å². The van der Waals surface area contributed by atoms with Crippen LogP contribution in [0.15, 0.2) is 78.9 Å². The van der Waals surface area contributed by atoms with Gasteiger partial charge in [-0.25, -0.2) is 9.97 Å². The van der Waals surface area contributed by atoms with Crippen molar-refractivity contribution in [2.45, 2.75) is 0 Å². The molecule has 3 aromatic rings. The summed E-state index contributed by atoms with van der Waals surface area (Å²) in [7, 11) is 4.78. The second-order valence-corrected chi connectivity index (χ2v) is 7.47. The number of likely N-dealkylation sites (N-methyl/N-ethyl adjacent to an activating group) is 1. The summed E-state index contributed by atoms with van der Waals surface area (Å²) in [5.74, 6) is 2.19. The normalized spacial score (nSPS) is 13.6. The first kappa shape index (κ1) is 22.7. The molecular weight excluding hydrogens is 434 g/mol. The molecule has 0 aliphatic carbocycles. The number of hydrogen-bond acceptors (Lipinski definition) is 8. The summed E-state index contributed by atoms with van der Waals surface area (Å²) >= 11 is 0. The molecule has 0 unspecified atom stereocenters. The summed E-state index contributed by atoms with van der Waals surface area (Å²) in [6, 6.07) is 12.5. The summed E-state index contributed by atoms with van der Waals surface area (Å²) in [5, 5.41) is 0. The molecule has 1 aliphatic rings. The highest BCUT2D eigenvalue weighted by molar-refractivity contribution is 5.93. The van der Waals surface area contributed by atoms with E-state index in [1.165, 1.54) is 13.3 Å². The van der Waals surface area contributed by atoms with Gasteiger partial charge in [-0.15, -0.1) is 0 Å². The van der Waals surface area contributed by atoms with E-state index in [1.54, 1.807) is 37.4 Å². The Hall–Kier alpha value is -4.53. The third-order valence-corrected chi connectivity index (χ3v) is 5.23. The number of amides is 1. The number of nitrogens with two attached hydrogens (primary N) is 1. The van der Waals surface area contributed by atoms with E-state index < -0.39 is 0 Å². The first-order valence-electron chi connectivity index (χ1n) is 10.4. The van der Waals surface area contributed by atoms with Crippen LogP contribution in [0.25, 0.3) is 0 Å². The SMILES string of the molecule is C=C1C(=CCN(C)C(=O)c2cc(OC)c(Oc3ccccc3)cn2)N1c1cnc(N)cc1OC. The van der Waals surface area contributed by atoms with E-state index in [2.05, 4.69) is 16.5 Å². The number of pyridine rings is 2. The van der Waals surface area contributed by atoms with E-state index in [0.717, 1.165) is 17.1 Å². The van der Waals surface area contributed by atoms with E-state index in [4.69, 9.17) is 19.9 Å². The average Bonchev–Trinajstić information content (AvgIpc) is 3.51. The minimum Gasteiger partial charge on any atom is -0.494 e. The Kier molecular flexibility index (Phi) is 6.35. The molecule has 0 radical (unpaired) electrons. The van der Waals surface area contributed by atoms with Crippen LogP contribution in [0.1, 0.15) is 10.5 Å². The number of carbonyl (C=O) groups excluding carboxylic acids is 1. The van der Waals surface area contributed by atoms with Gasteiger partial charge in [0.05, 0.1) is 38.0 Å². The number of anilines is 2. The highest BCUT2D eigenvalue weighted by atomic mass is 16.5. The lowest BCUT2D eigenvalue weighted by atomic mass is 10.3. The lowest BCUT2D eigenvalue weighted by Gasteiger charge is -2.16. The highest BCUT2D eigenvalue weighted by Crippen LogP contribution is 2.45. The Morgan fingerprint density at radius 1 is 1.09 bits per heavy atom. The summed E-state index contributed by atoms with van der Waals surface area (Å²) in [6.07, 6.45) is 5.01. The molecule has 9 heteroatoms. The molecule has 2 N–H and O–H groups in total.